The Labute approximate surface area is 78.0 Å². The summed E-state index contributed by atoms with van der Waals surface area (Å²) in [6.07, 6.45) is 2.37. The fraction of sp³-hybridized carbons (Fsp3) is 0.143. The standard InChI is InChI=1S/C7H6N4OS/c1-5-6(4-12)9-10-11(5)7-8-2-3-13-7/h2-4H,1H3. The first-order valence-corrected chi connectivity index (χ1v) is 4.48. The lowest BCUT2D eigenvalue weighted by Crippen LogP contribution is -1.98. The summed E-state index contributed by atoms with van der Waals surface area (Å²) in [4.78, 5) is 14.5. The number of hydrogen-bond acceptors (Lipinski definition) is 5. The molecule has 0 radical (unpaired) electrons. The van der Waals surface area contributed by atoms with E-state index in [1.165, 1.54) is 11.3 Å². The third kappa shape index (κ3) is 1.25. The molecule has 0 aromatic carbocycles. The van der Waals surface area contributed by atoms with Crippen molar-refractivity contribution in [1.29, 1.82) is 0 Å². The first kappa shape index (κ1) is 8.06. The van der Waals surface area contributed by atoms with Crippen molar-refractivity contribution in [2.24, 2.45) is 0 Å². The molecule has 0 N–H and O–H groups in total. The van der Waals surface area contributed by atoms with Gasteiger partial charge in [0.1, 0.15) is 5.69 Å². The van der Waals surface area contributed by atoms with Crippen molar-refractivity contribution in [2.45, 2.75) is 6.92 Å². The van der Waals surface area contributed by atoms with Crippen LogP contribution in [-0.2, 0) is 0 Å². The highest BCUT2D eigenvalue weighted by molar-refractivity contribution is 7.12. The molecule has 0 aliphatic rings. The van der Waals surface area contributed by atoms with Crippen molar-refractivity contribution in [2.75, 3.05) is 0 Å². The normalized spacial score (nSPS) is 10.2. The fourth-order valence-electron chi connectivity index (χ4n) is 0.952. The Balaban J connectivity index is 2.53. The third-order valence-electron chi connectivity index (χ3n) is 1.64. The van der Waals surface area contributed by atoms with Gasteiger partial charge in [-0.1, -0.05) is 5.21 Å². The van der Waals surface area contributed by atoms with Crippen LogP contribution in [0.1, 0.15) is 16.2 Å². The van der Waals surface area contributed by atoms with Crippen LogP contribution in [0.3, 0.4) is 0 Å². The van der Waals surface area contributed by atoms with E-state index in [-0.39, 0.29) is 0 Å². The van der Waals surface area contributed by atoms with Crippen molar-refractivity contribution >= 4 is 17.6 Å². The minimum Gasteiger partial charge on any atom is -0.296 e. The van der Waals surface area contributed by atoms with Crippen LogP contribution < -0.4 is 0 Å². The van der Waals surface area contributed by atoms with E-state index in [1.54, 1.807) is 17.8 Å². The van der Waals surface area contributed by atoms with Gasteiger partial charge < -0.3 is 0 Å². The smallest absolute Gasteiger partial charge is 0.211 e. The second kappa shape index (κ2) is 3.06. The molecular weight excluding hydrogens is 188 g/mol. The van der Waals surface area contributed by atoms with E-state index in [0.717, 1.165) is 5.13 Å². The molecule has 0 amide bonds. The molecule has 2 aromatic heterocycles. The fourth-order valence-corrected chi connectivity index (χ4v) is 1.59. The van der Waals surface area contributed by atoms with Crippen molar-refractivity contribution in [3.05, 3.63) is 23.0 Å². The van der Waals surface area contributed by atoms with Gasteiger partial charge in [0.05, 0.1) is 5.69 Å². The van der Waals surface area contributed by atoms with Gasteiger partial charge in [-0.15, -0.1) is 16.4 Å². The summed E-state index contributed by atoms with van der Waals surface area (Å²) >= 11 is 1.45. The Bertz CT molecular complexity index is 420. The number of thiazole rings is 1. The van der Waals surface area contributed by atoms with E-state index in [9.17, 15) is 4.79 Å². The molecule has 0 bridgehead atoms. The molecule has 66 valence electrons. The van der Waals surface area contributed by atoms with Crippen LogP contribution in [0, 0.1) is 6.92 Å². The highest BCUT2D eigenvalue weighted by Crippen LogP contribution is 2.12. The van der Waals surface area contributed by atoms with Crippen LogP contribution in [0.15, 0.2) is 11.6 Å². The average molecular weight is 194 g/mol. The van der Waals surface area contributed by atoms with Crippen molar-refractivity contribution in [3.8, 4) is 5.13 Å². The average Bonchev–Trinajstić information content (AvgIpc) is 2.72. The maximum atomic E-state index is 10.5. The Kier molecular flexibility index (Phi) is 1.90. The summed E-state index contributed by atoms with van der Waals surface area (Å²) in [5, 5.41) is 10.1. The lowest BCUT2D eigenvalue weighted by Gasteiger charge is -1.94. The van der Waals surface area contributed by atoms with Crippen molar-refractivity contribution in [1.82, 2.24) is 20.0 Å². The summed E-state index contributed by atoms with van der Waals surface area (Å²) < 4.78 is 1.55. The van der Waals surface area contributed by atoms with Crippen LogP contribution in [0.25, 0.3) is 5.13 Å². The lowest BCUT2D eigenvalue weighted by atomic mass is 10.4. The van der Waals surface area contributed by atoms with Crippen molar-refractivity contribution in [3.63, 3.8) is 0 Å². The minimum atomic E-state index is 0.357. The second-order valence-electron chi connectivity index (χ2n) is 2.40. The molecule has 0 aliphatic heterocycles. The Morgan fingerprint density at radius 3 is 3.00 bits per heavy atom. The molecule has 5 nitrogen and oxygen atoms in total. The number of nitrogens with zero attached hydrogens (tertiary/aromatic N) is 4. The Morgan fingerprint density at radius 2 is 2.46 bits per heavy atom. The SMILES string of the molecule is Cc1c(C=O)nnn1-c1nccs1. The maximum Gasteiger partial charge on any atom is 0.211 e. The van der Waals surface area contributed by atoms with Crippen LogP contribution in [0.4, 0.5) is 0 Å². The molecule has 0 spiro atoms. The second-order valence-corrected chi connectivity index (χ2v) is 3.28. The van der Waals surface area contributed by atoms with E-state index in [0.29, 0.717) is 17.7 Å². The molecule has 0 aliphatic carbocycles. The molecule has 2 heterocycles. The molecule has 0 saturated heterocycles. The number of aromatic nitrogens is 4. The molecule has 0 saturated carbocycles. The van der Waals surface area contributed by atoms with Crippen LogP contribution >= 0.6 is 11.3 Å². The van der Waals surface area contributed by atoms with Gasteiger partial charge in [-0.2, -0.15) is 4.68 Å². The minimum absolute atomic E-state index is 0.357. The summed E-state index contributed by atoms with van der Waals surface area (Å²) in [6, 6.07) is 0. The van der Waals surface area contributed by atoms with Gasteiger partial charge in [0.25, 0.3) is 0 Å². The summed E-state index contributed by atoms with van der Waals surface area (Å²) in [7, 11) is 0. The van der Waals surface area contributed by atoms with E-state index >= 15 is 0 Å². The van der Waals surface area contributed by atoms with Crippen LogP contribution in [-0.4, -0.2) is 26.3 Å². The quantitative estimate of drug-likeness (QED) is 0.665. The first-order chi connectivity index (χ1) is 6.33. The van der Waals surface area contributed by atoms with Crippen LogP contribution in [0.5, 0.6) is 0 Å². The van der Waals surface area contributed by atoms with Gasteiger partial charge in [0, 0.05) is 11.6 Å². The van der Waals surface area contributed by atoms with E-state index in [4.69, 9.17) is 0 Å². The maximum absolute atomic E-state index is 10.5. The zero-order valence-corrected chi connectivity index (χ0v) is 7.65. The topological polar surface area (TPSA) is 60.7 Å². The Hall–Kier alpha value is -1.56. The molecule has 6 heteroatoms. The third-order valence-corrected chi connectivity index (χ3v) is 2.39. The number of aldehydes is 1. The van der Waals surface area contributed by atoms with Gasteiger partial charge in [0.2, 0.25) is 5.13 Å². The van der Waals surface area contributed by atoms with E-state index in [1.807, 2.05) is 5.38 Å². The summed E-state index contributed by atoms with van der Waals surface area (Å²) in [6.45, 7) is 1.78. The predicted molar refractivity (Wildman–Crippen MR) is 47.2 cm³/mol. The monoisotopic (exact) mass is 194 g/mol. The van der Waals surface area contributed by atoms with Gasteiger partial charge in [-0.05, 0) is 6.92 Å². The number of carbonyl (C=O) groups is 1. The van der Waals surface area contributed by atoms with Gasteiger partial charge in [-0.25, -0.2) is 4.98 Å². The van der Waals surface area contributed by atoms with Gasteiger partial charge in [-0.3, -0.25) is 4.79 Å². The molecule has 2 aromatic rings. The highest BCUT2D eigenvalue weighted by atomic mass is 32.1. The summed E-state index contributed by atoms with van der Waals surface area (Å²) in [5.41, 5.74) is 1.07. The molecule has 2 rings (SSSR count). The van der Waals surface area contributed by atoms with E-state index < -0.39 is 0 Å². The number of carbonyl (C=O) groups excluding carboxylic acids is 1. The predicted octanol–water partition coefficient (Wildman–Crippen LogP) is 0.845. The Morgan fingerprint density at radius 1 is 1.62 bits per heavy atom. The molecular formula is C7H6N4OS. The molecule has 0 fully saturated rings. The highest BCUT2D eigenvalue weighted by Gasteiger charge is 2.09. The van der Waals surface area contributed by atoms with Gasteiger partial charge >= 0.3 is 0 Å². The van der Waals surface area contributed by atoms with Gasteiger partial charge in [0.15, 0.2) is 6.29 Å². The zero-order chi connectivity index (χ0) is 9.26. The molecule has 0 atom stereocenters. The number of hydrogen-bond donors (Lipinski definition) is 0. The van der Waals surface area contributed by atoms with Crippen LogP contribution in [0.2, 0.25) is 0 Å². The summed E-state index contributed by atoms with van der Waals surface area (Å²) in [5.74, 6) is 0. The molecule has 0 unspecified atom stereocenters. The van der Waals surface area contributed by atoms with E-state index in [2.05, 4.69) is 15.3 Å². The molecule has 13 heavy (non-hydrogen) atoms. The zero-order valence-electron chi connectivity index (χ0n) is 6.84. The lowest BCUT2D eigenvalue weighted by molar-refractivity contribution is 0.111. The number of rotatable bonds is 2. The first-order valence-electron chi connectivity index (χ1n) is 3.60. The van der Waals surface area contributed by atoms with Crippen molar-refractivity contribution < 1.29 is 4.79 Å². The largest absolute Gasteiger partial charge is 0.296 e.